The zero-order chi connectivity index (χ0) is 18.7. The lowest BCUT2D eigenvalue weighted by Gasteiger charge is -2.04. The second-order valence-electron chi connectivity index (χ2n) is 6.00. The Morgan fingerprint density at radius 3 is 2.88 bits per heavy atom. The van der Waals surface area contributed by atoms with Gasteiger partial charge in [-0.05, 0) is 30.5 Å². The van der Waals surface area contributed by atoms with Crippen molar-refractivity contribution in [3.8, 4) is 5.75 Å². The average molecular weight is 417 g/mol. The van der Waals surface area contributed by atoms with Gasteiger partial charge in [0.1, 0.15) is 5.75 Å². The zero-order valence-electron chi connectivity index (χ0n) is 14.0. The summed E-state index contributed by atoms with van der Waals surface area (Å²) in [5.74, 6) is 1.30. The van der Waals surface area contributed by atoms with E-state index in [0.717, 1.165) is 11.8 Å². The molecule has 1 aliphatic rings. The molecule has 2 aromatic rings. The summed E-state index contributed by atoms with van der Waals surface area (Å²) in [5.41, 5.74) is 0.471. The van der Waals surface area contributed by atoms with Crippen molar-refractivity contribution >= 4 is 39.0 Å². The summed E-state index contributed by atoms with van der Waals surface area (Å²) in [7, 11) is -1.42. The average Bonchev–Trinajstić information content (AvgIpc) is 3.18. The van der Waals surface area contributed by atoms with Crippen molar-refractivity contribution in [2.75, 3.05) is 24.4 Å². The van der Waals surface area contributed by atoms with E-state index in [1.54, 1.807) is 18.2 Å². The molecule has 1 fully saturated rings. The van der Waals surface area contributed by atoms with Gasteiger partial charge >= 0.3 is 0 Å². The lowest BCUT2D eigenvalue weighted by molar-refractivity contribution is 0.102. The Bertz CT molecular complexity index is 913. The number of nitrogens with zero attached hydrogens (tertiary/aromatic N) is 2. The SMILES string of the molecule is COc1ccc(C(=O)CSc2nnc(C[C@H]3CCS(=O)(=O)C3)o2)cc1Cl. The van der Waals surface area contributed by atoms with Gasteiger partial charge in [-0.1, -0.05) is 23.4 Å². The Labute approximate surface area is 160 Å². The molecule has 1 aromatic carbocycles. The maximum Gasteiger partial charge on any atom is 0.277 e. The molecule has 0 unspecified atom stereocenters. The number of Topliss-reactive ketones (excluding diaryl/α,β-unsaturated/α-hetero) is 1. The van der Waals surface area contributed by atoms with E-state index in [9.17, 15) is 13.2 Å². The van der Waals surface area contributed by atoms with Crippen LogP contribution in [-0.4, -0.2) is 48.8 Å². The largest absolute Gasteiger partial charge is 0.495 e. The van der Waals surface area contributed by atoms with Gasteiger partial charge in [0.15, 0.2) is 15.6 Å². The Morgan fingerprint density at radius 2 is 2.23 bits per heavy atom. The van der Waals surface area contributed by atoms with E-state index in [4.69, 9.17) is 20.8 Å². The fourth-order valence-electron chi connectivity index (χ4n) is 2.71. The van der Waals surface area contributed by atoms with E-state index in [1.807, 2.05) is 0 Å². The van der Waals surface area contributed by atoms with Crippen LogP contribution in [0, 0.1) is 5.92 Å². The Hall–Kier alpha value is -1.58. The molecule has 0 spiro atoms. The maximum absolute atomic E-state index is 12.3. The van der Waals surface area contributed by atoms with Crippen LogP contribution in [0.1, 0.15) is 22.7 Å². The quantitative estimate of drug-likeness (QED) is 0.501. The normalized spacial score (nSPS) is 18.8. The molecule has 0 amide bonds. The minimum atomic E-state index is -2.93. The third-order valence-corrected chi connectivity index (χ3v) is 6.99. The number of carbonyl (C=O) groups is 1. The molecule has 0 radical (unpaired) electrons. The van der Waals surface area contributed by atoms with Crippen molar-refractivity contribution in [3.05, 3.63) is 34.7 Å². The van der Waals surface area contributed by atoms with Crippen molar-refractivity contribution < 1.29 is 22.4 Å². The van der Waals surface area contributed by atoms with Gasteiger partial charge < -0.3 is 9.15 Å². The predicted octanol–water partition coefficient (Wildman–Crippen LogP) is 2.68. The summed E-state index contributed by atoms with van der Waals surface area (Å²) in [4.78, 5) is 12.3. The first-order valence-electron chi connectivity index (χ1n) is 7.88. The zero-order valence-corrected chi connectivity index (χ0v) is 16.4. The molecule has 0 N–H and O–H groups in total. The van der Waals surface area contributed by atoms with Gasteiger partial charge in [0.05, 0.1) is 29.4 Å². The Morgan fingerprint density at radius 1 is 1.42 bits per heavy atom. The van der Waals surface area contributed by atoms with E-state index >= 15 is 0 Å². The van der Waals surface area contributed by atoms with Gasteiger partial charge in [0.25, 0.3) is 5.22 Å². The van der Waals surface area contributed by atoms with E-state index in [0.29, 0.717) is 35.1 Å². The number of aromatic nitrogens is 2. The first kappa shape index (κ1) is 19.2. The first-order chi connectivity index (χ1) is 12.4. The van der Waals surface area contributed by atoms with Gasteiger partial charge in [-0.3, -0.25) is 4.79 Å². The van der Waals surface area contributed by atoms with Gasteiger partial charge in [-0.25, -0.2) is 8.42 Å². The molecule has 26 heavy (non-hydrogen) atoms. The van der Waals surface area contributed by atoms with E-state index in [2.05, 4.69) is 10.2 Å². The molecular formula is C16H17ClN2O5S2. The number of ketones is 1. The third-order valence-electron chi connectivity index (χ3n) is 4.04. The third kappa shape index (κ3) is 4.77. The molecule has 0 aliphatic carbocycles. The molecule has 1 aromatic heterocycles. The minimum absolute atomic E-state index is 0.0152. The molecule has 140 valence electrons. The molecule has 7 nitrogen and oxygen atoms in total. The van der Waals surface area contributed by atoms with Crippen molar-refractivity contribution in [2.45, 2.75) is 18.1 Å². The van der Waals surface area contributed by atoms with Crippen molar-refractivity contribution in [1.29, 1.82) is 0 Å². The number of methoxy groups -OCH3 is 1. The number of hydrogen-bond acceptors (Lipinski definition) is 8. The van der Waals surface area contributed by atoms with Crippen molar-refractivity contribution in [1.82, 2.24) is 10.2 Å². The summed E-state index contributed by atoms with van der Waals surface area (Å²) < 4.78 is 33.5. The summed E-state index contributed by atoms with van der Waals surface area (Å²) in [6.45, 7) is 0. The van der Waals surface area contributed by atoms with Crippen LogP contribution in [-0.2, 0) is 16.3 Å². The van der Waals surface area contributed by atoms with Crippen molar-refractivity contribution in [2.24, 2.45) is 5.92 Å². The van der Waals surface area contributed by atoms with Gasteiger partial charge in [-0.2, -0.15) is 0 Å². The van der Waals surface area contributed by atoms with Gasteiger partial charge in [0, 0.05) is 12.0 Å². The monoisotopic (exact) mass is 416 g/mol. The van der Waals surface area contributed by atoms with Crippen LogP contribution in [0.2, 0.25) is 5.02 Å². The maximum atomic E-state index is 12.3. The molecule has 1 atom stereocenters. The lowest BCUT2D eigenvalue weighted by atomic mass is 10.1. The molecule has 2 heterocycles. The van der Waals surface area contributed by atoms with Gasteiger partial charge in [0.2, 0.25) is 5.89 Å². The van der Waals surface area contributed by atoms with Crippen LogP contribution < -0.4 is 4.74 Å². The molecular weight excluding hydrogens is 400 g/mol. The summed E-state index contributed by atoms with van der Waals surface area (Å²) in [6.07, 6.45) is 1.05. The molecule has 1 saturated heterocycles. The highest BCUT2D eigenvalue weighted by Crippen LogP contribution is 2.27. The lowest BCUT2D eigenvalue weighted by Crippen LogP contribution is -2.07. The number of rotatable bonds is 7. The number of sulfone groups is 1. The molecule has 0 saturated carbocycles. The van der Waals surface area contributed by atoms with Crippen LogP contribution in [0.4, 0.5) is 0 Å². The molecule has 1 aliphatic heterocycles. The highest BCUT2D eigenvalue weighted by molar-refractivity contribution is 7.99. The highest BCUT2D eigenvalue weighted by Gasteiger charge is 2.29. The Balaban J connectivity index is 1.54. The van der Waals surface area contributed by atoms with Crippen LogP contribution in [0.15, 0.2) is 27.8 Å². The number of halogens is 1. The summed E-state index contributed by atoms with van der Waals surface area (Å²) >= 11 is 7.16. The Kier molecular flexibility index (Phi) is 5.89. The first-order valence-corrected chi connectivity index (χ1v) is 11.1. The topological polar surface area (TPSA) is 99.4 Å². The van der Waals surface area contributed by atoms with Crippen LogP contribution in [0.25, 0.3) is 0 Å². The summed E-state index contributed by atoms with van der Waals surface area (Å²) in [5, 5.41) is 8.49. The smallest absolute Gasteiger partial charge is 0.277 e. The van der Waals surface area contributed by atoms with Crippen LogP contribution in [0.5, 0.6) is 5.75 Å². The molecule has 0 bridgehead atoms. The number of hydrogen-bond donors (Lipinski definition) is 0. The molecule has 3 rings (SSSR count). The van der Waals surface area contributed by atoms with Crippen molar-refractivity contribution in [3.63, 3.8) is 0 Å². The number of thioether (sulfide) groups is 1. The van der Waals surface area contributed by atoms with E-state index in [-0.39, 0.29) is 34.2 Å². The van der Waals surface area contributed by atoms with Crippen LogP contribution in [0.3, 0.4) is 0 Å². The number of carbonyl (C=O) groups excluding carboxylic acids is 1. The number of ether oxygens (including phenoxy) is 1. The molecule has 10 heteroatoms. The highest BCUT2D eigenvalue weighted by atomic mass is 35.5. The summed E-state index contributed by atoms with van der Waals surface area (Å²) in [6, 6.07) is 4.84. The minimum Gasteiger partial charge on any atom is -0.495 e. The fraction of sp³-hybridized carbons (Fsp3) is 0.438. The number of benzene rings is 1. The van der Waals surface area contributed by atoms with E-state index in [1.165, 1.54) is 7.11 Å². The second kappa shape index (κ2) is 7.98. The van der Waals surface area contributed by atoms with Gasteiger partial charge in [-0.15, -0.1) is 10.2 Å². The van der Waals surface area contributed by atoms with Crippen LogP contribution >= 0.6 is 23.4 Å². The second-order valence-corrected chi connectivity index (χ2v) is 9.56. The standard InChI is InChI=1S/C16H17ClN2O5S2/c1-23-14-3-2-11(7-12(14)17)13(20)8-25-16-19-18-15(24-16)6-10-4-5-26(21,22)9-10/h2-3,7,10H,4-6,8-9H2,1H3/t10-/m1/s1. The van der Waals surface area contributed by atoms with E-state index < -0.39 is 9.84 Å². The fourth-order valence-corrected chi connectivity index (χ4v) is 5.50. The predicted molar refractivity (Wildman–Crippen MR) is 97.8 cm³/mol.